The second kappa shape index (κ2) is 6.48. The highest BCUT2D eigenvalue weighted by atomic mass is 79.9. The van der Waals surface area contributed by atoms with Crippen molar-refractivity contribution in [3.63, 3.8) is 0 Å². The molecule has 1 aromatic rings. The lowest BCUT2D eigenvalue weighted by Gasteiger charge is -2.26. The van der Waals surface area contributed by atoms with E-state index in [4.69, 9.17) is 0 Å². The summed E-state index contributed by atoms with van der Waals surface area (Å²) in [7, 11) is 0. The third-order valence-corrected chi connectivity index (χ3v) is 4.85. The van der Waals surface area contributed by atoms with E-state index in [0.717, 1.165) is 25.0 Å². The summed E-state index contributed by atoms with van der Waals surface area (Å²) in [4.78, 5) is 2.64. The minimum absolute atomic E-state index is 0.802. The molecule has 20 heavy (non-hydrogen) atoms. The molecule has 1 N–H and O–H groups in total. The largest absolute Gasteiger partial charge is 0.367 e. The first-order valence-electron chi connectivity index (χ1n) is 8.03. The second-order valence-corrected chi connectivity index (χ2v) is 7.14. The summed E-state index contributed by atoms with van der Waals surface area (Å²) < 4.78 is 1.26. The molecular weight excluding hydrogens is 312 g/mol. The standard InChI is InChI=1S/C17H25BrN2/c1-2-9-19-11-14-5-8-17(16(18)10-14)20(15-6-7-15)12-13-3-4-13/h5,8,10,13,15,19H,2-4,6-7,9,11-12H2,1H3. The Morgan fingerprint density at radius 1 is 1.25 bits per heavy atom. The Bertz CT molecular complexity index is 452. The molecule has 0 saturated heterocycles. The number of nitrogens with zero attached hydrogens (tertiary/aromatic N) is 1. The fourth-order valence-electron chi connectivity index (χ4n) is 2.71. The molecule has 0 bridgehead atoms. The van der Waals surface area contributed by atoms with Gasteiger partial charge in [-0.3, -0.25) is 0 Å². The van der Waals surface area contributed by atoms with Gasteiger partial charge in [0, 0.05) is 23.6 Å². The SMILES string of the molecule is CCCNCc1ccc(N(CC2CC2)C2CC2)c(Br)c1. The monoisotopic (exact) mass is 336 g/mol. The van der Waals surface area contributed by atoms with Crippen LogP contribution in [0.2, 0.25) is 0 Å². The molecule has 2 aliphatic carbocycles. The molecule has 3 heteroatoms. The van der Waals surface area contributed by atoms with Crippen LogP contribution in [-0.2, 0) is 6.54 Å². The molecule has 0 atom stereocenters. The fraction of sp³-hybridized carbons (Fsp3) is 0.647. The van der Waals surface area contributed by atoms with E-state index < -0.39 is 0 Å². The van der Waals surface area contributed by atoms with Gasteiger partial charge in [-0.15, -0.1) is 0 Å². The average Bonchev–Trinajstić information content (AvgIpc) is 3.30. The first-order valence-corrected chi connectivity index (χ1v) is 8.83. The quantitative estimate of drug-likeness (QED) is 0.711. The van der Waals surface area contributed by atoms with Crippen LogP contribution in [0.3, 0.4) is 0 Å². The van der Waals surface area contributed by atoms with Crippen LogP contribution in [0.1, 0.15) is 44.6 Å². The minimum atomic E-state index is 0.802. The normalized spacial score (nSPS) is 18.3. The molecule has 2 aliphatic rings. The predicted molar refractivity (Wildman–Crippen MR) is 89.2 cm³/mol. The third kappa shape index (κ3) is 3.76. The summed E-state index contributed by atoms with van der Waals surface area (Å²) in [6.45, 7) is 5.53. The van der Waals surface area contributed by atoms with Crippen LogP contribution in [-0.4, -0.2) is 19.1 Å². The minimum Gasteiger partial charge on any atom is -0.367 e. The van der Waals surface area contributed by atoms with E-state index in [0.29, 0.717) is 0 Å². The van der Waals surface area contributed by atoms with Gasteiger partial charge in [-0.25, -0.2) is 0 Å². The van der Waals surface area contributed by atoms with Crippen LogP contribution in [0, 0.1) is 5.92 Å². The van der Waals surface area contributed by atoms with Crippen molar-refractivity contribution in [2.75, 3.05) is 18.0 Å². The lowest BCUT2D eigenvalue weighted by molar-refractivity contribution is 0.674. The van der Waals surface area contributed by atoms with E-state index in [9.17, 15) is 0 Å². The Morgan fingerprint density at radius 2 is 2.05 bits per heavy atom. The van der Waals surface area contributed by atoms with Crippen LogP contribution in [0.4, 0.5) is 5.69 Å². The van der Waals surface area contributed by atoms with Gasteiger partial charge in [-0.1, -0.05) is 13.0 Å². The summed E-state index contributed by atoms with van der Waals surface area (Å²) in [6, 6.07) is 7.69. The third-order valence-electron chi connectivity index (χ3n) is 4.22. The lowest BCUT2D eigenvalue weighted by Crippen LogP contribution is -2.28. The van der Waals surface area contributed by atoms with Gasteiger partial charge in [0.05, 0.1) is 5.69 Å². The fourth-order valence-corrected chi connectivity index (χ4v) is 3.37. The summed E-state index contributed by atoms with van der Waals surface area (Å²) in [5.74, 6) is 0.952. The van der Waals surface area contributed by atoms with E-state index in [1.807, 2.05) is 0 Å². The molecule has 0 unspecified atom stereocenters. The van der Waals surface area contributed by atoms with Crippen LogP contribution >= 0.6 is 15.9 Å². The van der Waals surface area contributed by atoms with Gasteiger partial charge < -0.3 is 10.2 Å². The maximum atomic E-state index is 3.79. The van der Waals surface area contributed by atoms with Crippen LogP contribution in [0.15, 0.2) is 22.7 Å². The predicted octanol–water partition coefficient (Wildman–Crippen LogP) is 4.33. The summed E-state index contributed by atoms with van der Waals surface area (Å²) >= 11 is 3.79. The molecular formula is C17H25BrN2. The van der Waals surface area contributed by atoms with Gasteiger partial charge in [0.1, 0.15) is 0 Å². The van der Waals surface area contributed by atoms with Crippen molar-refractivity contribution in [2.24, 2.45) is 5.92 Å². The topological polar surface area (TPSA) is 15.3 Å². The van der Waals surface area contributed by atoms with Gasteiger partial charge in [0.25, 0.3) is 0 Å². The second-order valence-electron chi connectivity index (χ2n) is 6.29. The zero-order valence-corrected chi connectivity index (χ0v) is 14.0. The van der Waals surface area contributed by atoms with Crippen LogP contribution in [0.25, 0.3) is 0 Å². The Balaban J connectivity index is 1.68. The molecule has 110 valence electrons. The summed E-state index contributed by atoms with van der Waals surface area (Å²) in [5, 5.41) is 3.47. The molecule has 0 aromatic heterocycles. The van der Waals surface area contributed by atoms with Crippen molar-refractivity contribution >= 4 is 21.6 Å². The lowest BCUT2D eigenvalue weighted by atomic mass is 10.1. The highest BCUT2D eigenvalue weighted by Gasteiger charge is 2.34. The maximum Gasteiger partial charge on any atom is 0.0513 e. The first-order chi connectivity index (χ1) is 9.78. The van der Waals surface area contributed by atoms with E-state index in [-0.39, 0.29) is 0 Å². The Kier molecular flexibility index (Phi) is 4.67. The number of hydrogen-bond acceptors (Lipinski definition) is 2. The molecule has 1 aromatic carbocycles. The molecule has 3 rings (SSSR count). The highest BCUT2D eigenvalue weighted by Crippen LogP contribution is 2.40. The molecule has 2 saturated carbocycles. The highest BCUT2D eigenvalue weighted by molar-refractivity contribution is 9.10. The van der Waals surface area contributed by atoms with E-state index in [2.05, 4.69) is 51.3 Å². The zero-order valence-electron chi connectivity index (χ0n) is 12.4. The summed E-state index contributed by atoms with van der Waals surface area (Å²) in [5.41, 5.74) is 2.77. The number of anilines is 1. The number of hydrogen-bond donors (Lipinski definition) is 1. The molecule has 2 nitrogen and oxygen atoms in total. The van der Waals surface area contributed by atoms with Gasteiger partial charge >= 0.3 is 0 Å². The summed E-state index contributed by atoms with van der Waals surface area (Å²) in [6.07, 6.45) is 6.80. The molecule has 0 spiro atoms. The molecule has 0 radical (unpaired) electrons. The van der Waals surface area contributed by atoms with E-state index >= 15 is 0 Å². The maximum absolute atomic E-state index is 3.79. The Hall–Kier alpha value is -0.540. The van der Waals surface area contributed by atoms with Gasteiger partial charge in [0.2, 0.25) is 0 Å². The number of nitrogens with one attached hydrogen (secondary N) is 1. The first kappa shape index (κ1) is 14.4. The Morgan fingerprint density at radius 3 is 2.65 bits per heavy atom. The van der Waals surface area contributed by atoms with Gasteiger partial charge in [-0.05, 0) is 78.2 Å². The molecule has 0 amide bonds. The zero-order chi connectivity index (χ0) is 13.9. The Labute approximate surface area is 131 Å². The van der Waals surface area contributed by atoms with E-state index in [1.165, 1.54) is 54.4 Å². The molecule has 0 heterocycles. The van der Waals surface area contributed by atoms with Crippen LogP contribution < -0.4 is 10.2 Å². The van der Waals surface area contributed by atoms with Crippen LogP contribution in [0.5, 0.6) is 0 Å². The van der Waals surface area contributed by atoms with Crippen molar-refractivity contribution in [1.82, 2.24) is 5.32 Å². The molecule has 2 fully saturated rings. The van der Waals surface area contributed by atoms with Gasteiger partial charge in [0.15, 0.2) is 0 Å². The van der Waals surface area contributed by atoms with Crippen molar-refractivity contribution < 1.29 is 0 Å². The smallest absolute Gasteiger partial charge is 0.0513 e. The molecule has 0 aliphatic heterocycles. The van der Waals surface area contributed by atoms with Crippen molar-refractivity contribution in [2.45, 2.75) is 51.6 Å². The van der Waals surface area contributed by atoms with Gasteiger partial charge in [-0.2, -0.15) is 0 Å². The van der Waals surface area contributed by atoms with Crippen molar-refractivity contribution in [3.8, 4) is 0 Å². The number of rotatable bonds is 8. The average molecular weight is 337 g/mol. The van der Waals surface area contributed by atoms with E-state index in [1.54, 1.807) is 0 Å². The number of halogens is 1. The number of benzene rings is 1. The van der Waals surface area contributed by atoms with Crippen molar-refractivity contribution in [1.29, 1.82) is 0 Å². The van der Waals surface area contributed by atoms with Crippen molar-refractivity contribution in [3.05, 3.63) is 28.2 Å².